The van der Waals surface area contributed by atoms with Crippen LogP contribution in [0.3, 0.4) is 0 Å². The minimum absolute atomic E-state index is 0.0101. The number of hydrogen-bond acceptors (Lipinski definition) is 3. The van der Waals surface area contributed by atoms with Crippen LogP contribution in [-0.4, -0.2) is 48.2 Å². The summed E-state index contributed by atoms with van der Waals surface area (Å²) in [5, 5.41) is 0. The normalized spacial score (nSPS) is 34.8. The average molecular weight is 289 g/mol. The van der Waals surface area contributed by atoms with Crippen molar-refractivity contribution >= 4 is 10.2 Å². The molecule has 2 fully saturated rings. The smallest absolute Gasteiger partial charge is 0.282 e. The fourth-order valence-corrected chi connectivity index (χ4v) is 5.84. The Balaban J connectivity index is 2.24. The van der Waals surface area contributed by atoms with Gasteiger partial charge in [-0.05, 0) is 39.0 Å². The van der Waals surface area contributed by atoms with Crippen molar-refractivity contribution in [3.05, 3.63) is 0 Å². The summed E-state index contributed by atoms with van der Waals surface area (Å²) in [5.74, 6) is 0. The quantitative estimate of drug-likeness (QED) is 0.848. The third kappa shape index (κ3) is 2.82. The van der Waals surface area contributed by atoms with Crippen LogP contribution in [0.2, 0.25) is 0 Å². The maximum atomic E-state index is 12.9. The lowest BCUT2D eigenvalue weighted by molar-refractivity contribution is 0.220. The zero-order valence-corrected chi connectivity index (χ0v) is 12.9. The molecule has 0 aliphatic carbocycles. The fourth-order valence-electron chi connectivity index (χ4n) is 3.48. The Morgan fingerprint density at radius 3 is 2.53 bits per heavy atom. The Hall–Kier alpha value is -0.170. The molecule has 2 aliphatic rings. The van der Waals surface area contributed by atoms with Crippen LogP contribution in [-0.2, 0) is 10.2 Å². The molecule has 2 N–H and O–H groups in total. The molecule has 0 radical (unpaired) electrons. The fraction of sp³-hybridized carbons (Fsp3) is 1.00. The van der Waals surface area contributed by atoms with E-state index >= 15 is 0 Å². The molecule has 0 aromatic carbocycles. The topological polar surface area (TPSA) is 66.6 Å². The van der Waals surface area contributed by atoms with Crippen molar-refractivity contribution in [1.82, 2.24) is 8.61 Å². The van der Waals surface area contributed by atoms with Crippen LogP contribution < -0.4 is 5.73 Å². The molecule has 0 saturated carbocycles. The molecule has 19 heavy (non-hydrogen) atoms. The molecule has 0 bridgehead atoms. The number of nitrogens with zero attached hydrogens (tertiary/aromatic N) is 2. The molecule has 2 aliphatic heterocycles. The lowest BCUT2D eigenvalue weighted by Gasteiger charge is -2.39. The summed E-state index contributed by atoms with van der Waals surface area (Å²) < 4.78 is 29.3. The van der Waals surface area contributed by atoms with Crippen LogP contribution in [0.25, 0.3) is 0 Å². The van der Waals surface area contributed by atoms with E-state index in [1.165, 1.54) is 0 Å². The van der Waals surface area contributed by atoms with Gasteiger partial charge in [-0.2, -0.15) is 17.0 Å². The molecule has 2 rings (SSSR count). The molecule has 2 saturated heterocycles. The van der Waals surface area contributed by atoms with Crippen molar-refractivity contribution < 1.29 is 8.42 Å². The first-order valence-electron chi connectivity index (χ1n) is 7.52. The van der Waals surface area contributed by atoms with E-state index in [9.17, 15) is 8.42 Å². The molecule has 6 heteroatoms. The third-order valence-corrected chi connectivity index (χ3v) is 6.86. The van der Waals surface area contributed by atoms with Gasteiger partial charge in [-0.1, -0.05) is 13.3 Å². The average Bonchev–Trinajstić information content (AvgIpc) is 2.80. The molecule has 3 atom stereocenters. The van der Waals surface area contributed by atoms with Gasteiger partial charge in [-0.3, -0.25) is 0 Å². The highest BCUT2D eigenvalue weighted by Crippen LogP contribution is 2.32. The Kier molecular flexibility index (Phi) is 4.87. The number of nitrogens with two attached hydrogens (primary N) is 1. The summed E-state index contributed by atoms with van der Waals surface area (Å²) in [7, 11) is -3.35. The summed E-state index contributed by atoms with van der Waals surface area (Å²) in [6, 6.07) is 0.278. The van der Waals surface area contributed by atoms with Crippen LogP contribution in [0.5, 0.6) is 0 Å². The molecule has 3 unspecified atom stereocenters. The first kappa shape index (κ1) is 15.2. The van der Waals surface area contributed by atoms with Gasteiger partial charge in [0.2, 0.25) is 0 Å². The van der Waals surface area contributed by atoms with Gasteiger partial charge in [0.25, 0.3) is 10.2 Å². The Labute approximate surface area is 117 Å². The van der Waals surface area contributed by atoms with E-state index in [2.05, 4.69) is 6.92 Å². The number of piperidine rings is 1. The van der Waals surface area contributed by atoms with Crippen LogP contribution >= 0.6 is 0 Å². The Bertz CT molecular complexity index is 399. The van der Waals surface area contributed by atoms with Gasteiger partial charge in [0.05, 0.1) is 0 Å². The van der Waals surface area contributed by atoms with Gasteiger partial charge in [-0.15, -0.1) is 0 Å². The molecule has 2 heterocycles. The summed E-state index contributed by atoms with van der Waals surface area (Å²) in [5.41, 5.74) is 5.77. The molecule has 0 aromatic heterocycles. The zero-order chi connectivity index (χ0) is 14.0. The van der Waals surface area contributed by atoms with Gasteiger partial charge in [0.15, 0.2) is 0 Å². The van der Waals surface area contributed by atoms with E-state index < -0.39 is 10.2 Å². The number of hydrogen-bond donors (Lipinski definition) is 1. The maximum Gasteiger partial charge on any atom is 0.282 e. The predicted octanol–water partition coefficient (Wildman–Crippen LogP) is 1.31. The molecule has 0 aromatic rings. The lowest BCUT2D eigenvalue weighted by atomic mass is 10.1. The van der Waals surface area contributed by atoms with Crippen molar-refractivity contribution in [2.45, 2.75) is 70.5 Å². The van der Waals surface area contributed by atoms with E-state index in [1.54, 1.807) is 8.61 Å². The van der Waals surface area contributed by atoms with Gasteiger partial charge >= 0.3 is 0 Å². The molecule has 0 spiro atoms. The standard InChI is InChI=1S/C13H27N3O2S/c1-3-12-8-7-11(2)16(12)19(17,18)15-9-5-4-6-13(15)10-14/h11-13H,3-10,14H2,1-2H3. The van der Waals surface area contributed by atoms with Crippen molar-refractivity contribution in [3.8, 4) is 0 Å². The van der Waals surface area contributed by atoms with Gasteiger partial charge in [0, 0.05) is 31.2 Å². The second kappa shape index (κ2) is 6.08. The van der Waals surface area contributed by atoms with Gasteiger partial charge in [-0.25, -0.2) is 0 Å². The molecule has 0 amide bonds. The molecular formula is C13H27N3O2S. The van der Waals surface area contributed by atoms with Crippen molar-refractivity contribution in [3.63, 3.8) is 0 Å². The van der Waals surface area contributed by atoms with Gasteiger partial charge < -0.3 is 5.73 Å². The highest BCUT2D eigenvalue weighted by Gasteiger charge is 2.43. The number of rotatable bonds is 4. The third-order valence-electron chi connectivity index (χ3n) is 4.59. The summed E-state index contributed by atoms with van der Waals surface area (Å²) in [6.45, 7) is 5.15. The van der Waals surface area contributed by atoms with Crippen molar-refractivity contribution in [2.24, 2.45) is 5.73 Å². The molecule has 5 nitrogen and oxygen atoms in total. The lowest BCUT2D eigenvalue weighted by Crippen LogP contribution is -2.55. The van der Waals surface area contributed by atoms with E-state index in [0.717, 1.165) is 38.5 Å². The first-order chi connectivity index (χ1) is 9.02. The highest BCUT2D eigenvalue weighted by molar-refractivity contribution is 7.86. The SMILES string of the molecule is CCC1CCC(C)N1S(=O)(=O)N1CCCCC1CN. The predicted molar refractivity (Wildman–Crippen MR) is 76.9 cm³/mol. The van der Waals surface area contributed by atoms with Crippen LogP contribution in [0, 0.1) is 0 Å². The Morgan fingerprint density at radius 2 is 1.89 bits per heavy atom. The maximum absolute atomic E-state index is 12.9. The zero-order valence-electron chi connectivity index (χ0n) is 12.1. The second-order valence-corrected chi connectivity index (χ2v) is 7.61. The Morgan fingerprint density at radius 1 is 1.16 bits per heavy atom. The van der Waals surface area contributed by atoms with Crippen LogP contribution in [0.1, 0.15) is 52.4 Å². The summed E-state index contributed by atoms with van der Waals surface area (Å²) in [6.07, 6.45) is 5.78. The van der Waals surface area contributed by atoms with E-state index in [-0.39, 0.29) is 18.1 Å². The largest absolute Gasteiger partial charge is 0.329 e. The first-order valence-corrected chi connectivity index (χ1v) is 8.92. The minimum Gasteiger partial charge on any atom is -0.329 e. The van der Waals surface area contributed by atoms with Crippen molar-refractivity contribution in [1.29, 1.82) is 0 Å². The monoisotopic (exact) mass is 289 g/mol. The van der Waals surface area contributed by atoms with E-state index in [0.29, 0.717) is 13.1 Å². The molecular weight excluding hydrogens is 262 g/mol. The van der Waals surface area contributed by atoms with Gasteiger partial charge in [0.1, 0.15) is 0 Å². The van der Waals surface area contributed by atoms with Crippen LogP contribution in [0.4, 0.5) is 0 Å². The molecule has 112 valence electrons. The second-order valence-electron chi connectivity index (χ2n) is 5.82. The van der Waals surface area contributed by atoms with E-state index in [4.69, 9.17) is 5.73 Å². The minimum atomic E-state index is -3.35. The summed E-state index contributed by atoms with van der Waals surface area (Å²) >= 11 is 0. The highest BCUT2D eigenvalue weighted by atomic mass is 32.2. The van der Waals surface area contributed by atoms with Crippen molar-refractivity contribution in [2.75, 3.05) is 13.1 Å². The summed E-state index contributed by atoms with van der Waals surface area (Å²) in [4.78, 5) is 0. The van der Waals surface area contributed by atoms with E-state index in [1.807, 2.05) is 6.92 Å². The van der Waals surface area contributed by atoms with Crippen LogP contribution in [0.15, 0.2) is 0 Å².